The molecule has 1 N–H and O–H groups in total. The van der Waals surface area contributed by atoms with E-state index < -0.39 is 4.87 Å². The van der Waals surface area contributed by atoms with Gasteiger partial charge in [0.25, 0.3) is 5.91 Å². The van der Waals surface area contributed by atoms with E-state index in [2.05, 4.69) is 5.32 Å². The number of thioether (sulfide) groups is 1. The standard InChI is InChI=1S/C19H16Cl2N2O2S/c1-11(13-7-6-12(20)10-14(13)21)22-18(25)19-9-8-17(24)23(19)15-4-2-3-5-16(15)26-19/h2-7,10-11H,8-9H2,1H3,(H,22,25). The van der Waals surface area contributed by atoms with Crippen molar-refractivity contribution >= 4 is 52.5 Å². The first-order valence-corrected chi connectivity index (χ1v) is 9.86. The highest BCUT2D eigenvalue weighted by Crippen LogP contribution is 2.55. The van der Waals surface area contributed by atoms with E-state index in [0.717, 1.165) is 16.1 Å². The number of nitrogens with zero attached hydrogens (tertiary/aromatic N) is 1. The minimum Gasteiger partial charge on any atom is -0.347 e. The number of hydrogen-bond donors (Lipinski definition) is 1. The monoisotopic (exact) mass is 406 g/mol. The van der Waals surface area contributed by atoms with E-state index in [0.29, 0.717) is 22.9 Å². The first kappa shape index (κ1) is 17.7. The molecule has 134 valence electrons. The molecule has 0 aromatic heterocycles. The average Bonchev–Trinajstić information content (AvgIpc) is 3.11. The summed E-state index contributed by atoms with van der Waals surface area (Å²) in [4.78, 5) is 27.4. The van der Waals surface area contributed by atoms with E-state index in [4.69, 9.17) is 23.2 Å². The third-order valence-corrected chi connectivity index (χ3v) is 6.84. The summed E-state index contributed by atoms with van der Waals surface area (Å²) in [5.74, 6) is -0.196. The normalized spacial score (nSPS) is 22.1. The zero-order chi connectivity index (χ0) is 18.5. The molecule has 2 unspecified atom stereocenters. The summed E-state index contributed by atoms with van der Waals surface area (Å²) in [6.45, 7) is 1.87. The molecule has 2 amide bonds. The summed E-state index contributed by atoms with van der Waals surface area (Å²) in [5, 5.41) is 4.09. The molecule has 4 nitrogen and oxygen atoms in total. The largest absolute Gasteiger partial charge is 0.347 e. The lowest BCUT2D eigenvalue weighted by Gasteiger charge is -2.31. The van der Waals surface area contributed by atoms with Crippen molar-refractivity contribution in [3.05, 3.63) is 58.1 Å². The van der Waals surface area contributed by atoms with Crippen LogP contribution >= 0.6 is 35.0 Å². The number of hydrogen-bond acceptors (Lipinski definition) is 3. The van der Waals surface area contributed by atoms with E-state index in [1.54, 1.807) is 23.1 Å². The molecule has 0 aliphatic carbocycles. The summed E-state index contributed by atoms with van der Waals surface area (Å²) in [6.07, 6.45) is 0.850. The number of fused-ring (bicyclic) bond motifs is 3. The van der Waals surface area contributed by atoms with Gasteiger partial charge >= 0.3 is 0 Å². The Hall–Kier alpha value is -1.69. The molecule has 2 aromatic carbocycles. The Morgan fingerprint density at radius 1 is 1.27 bits per heavy atom. The van der Waals surface area contributed by atoms with Crippen LogP contribution in [0.2, 0.25) is 10.0 Å². The zero-order valence-corrected chi connectivity index (χ0v) is 16.3. The smallest absolute Gasteiger partial charge is 0.257 e. The van der Waals surface area contributed by atoms with Crippen molar-refractivity contribution in [3.8, 4) is 0 Å². The van der Waals surface area contributed by atoms with Crippen LogP contribution < -0.4 is 10.2 Å². The van der Waals surface area contributed by atoms with Gasteiger partial charge in [-0.1, -0.05) is 53.2 Å². The van der Waals surface area contributed by atoms with Gasteiger partial charge in [-0.3, -0.25) is 14.5 Å². The summed E-state index contributed by atoms with van der Waals surface area (Å²) >= 11 is 13.7. The van der Waals surface area contributed by atoms with E-state index in [1.807, 2.05) is 31.2 Å². The molecule has 26 heavy (non-hydrogen) atoms. The predicted octanol–water partition coefficient (Wildman–Crippen LogP) is 4.80. The summed E-state index contributed by atoms with van der Waals surface area (Å²) in [7, 11) is 0. The second-order valence-electron chi connectivity index (χ2n) is 6.44. The number of para-hydroxylation sites is 1. The third-order valence-electron chi connectivity index (χ3n) is 4.80. The molecule has 0 radical (unpaired) electrons. The van der Waals surface area contributed by atoms with Crippen LogP contribution in [0.3, 0.4) is 0 Å². The van der Waals surface area contributed by atoms with Gasteiger partial charge in [0.05, 0.1) is 11.7 Å². The Balaban J connectivity index is 1.63. The van der Waals surface area contributed by atoms with Gasteiger partial charge in [0.15, 0.2) is 4.87 Å². The quantitative estimate of drug-likeness (QED) is 0.795. The van der Waals surface area contributed by atoms with E-state index >= 15 is 0 Å². The van der Waals surface area contributed by atoms with E-state index in [1.165, 1.54) is 11.8 Å². The maximum Gasteiger partial charge on any atom is 0.257 e. The van der Waals surface area contributed by atoms with Crippen LogP contribution in [0.15, 0.2) is 47.4 Å². The maximum absolute atomic E-state index is 13.2. The molecule has 2 aromatic rings. The summed E-state index contributed by atoms with van der Waals surface area (Å²) in [5.41, 5.74) is 1.60. The van der Waals surface area contributed by atoms with Crippen molar-refractivity contribution in [1.82, 2.24) is 5.32 Å². The fourth-order valence-electron chi connectivity index (χ4n) is 3.54. The van der Waals surface area contributed by atoms with Crippen molar-refractivity contribution in [2.75, 3.05) is 4.90 Å². The first-order chi connectivity index (χ1) is 12.4. The minimum absolute atomic E-state index is 0.0187. The van der Waals surface area contributed by atoms with Crippen molar-refractivity contribution in [2.24, 2.45) is 0 Å². The number of carbonyl (C=O) groups is 2. The highest BCUT2D eigenvalue weighted by Gasteiger charge is 2.57. The number of carbonyl (C=O) groups excluding carboxylic acids is 2. The van der Waals surface area contributed by atoms with E-state index in [9.17, 15) is 9.59 Å². The molecular weight excluding hydrogens is 391 g/mol. The molecule has 2 aliphatic heterocycles. The average molecular weight is 407 g/mol. The highest BCUT2D eigenvalue weighted by atomic mass is 35.5. The Bertz CT molecular complexity index is 920. The van der Waals surface area contributed by atoms with Crippen LogP contribution in [-0.2, 0) is 9.59 Å². The summed E-state index contributed by atoms with van der Waals surface area (Å²) < 4.78 is 0. The fraction of sp³-hybridized carbons (Fsp3) is 0.263. The number of halogens is 2. The summed E-state index contributed by atoms with van der Waals surface area (Å²) in [6, 6.07) is 12.5. The zero-order valence-electron chi connectivity index (χ0n) is 14.0. The Morgan fingerprint density at radius 2 is 2.04 bits per heavy atom. The van der Waals surface area contributed by atoms with Crippen LogP contribution in [0, 0.1) is 0 Å². The Labute approximate surface area is 165 Å². The first-order valence-electron chi connectivity index (χ1n) is 8.29. The molecular formula is C19H16Cl2N2O2S. The SMILES string of the molecule is CC(NC(=O)C12CCC(=O)N1c1ccccc1S2)c1ccc(Cl)cc1Cl. The van der Waals surface area contributed by atoms with Crippen molar-refractivity contribution in [3.63, 3.8) is 0 Å². The molecule has 2 heterocycles. The van der Waals surface area contributed by atoms with Gasteiger partial charge in [-0.2, -0.15) is 0 Å². The van der Waals surface area contributed by atoms with Gasteiger partial charge in [0.1, 0.15) is 0 Å². The van der Waals surface area contributed by atoms with Crippen LogP contribution in [-0.4, -0.2) is 16.7 Å². The molecule has 4 rings (SSSR count). The van der Waals surface area contributed by atoms with Gasteiger partial charge in [-0.05, 0) is 43.2 Å². The molecule has 0 spiro atoms. The maximum atomic E-state index is 13.2. The molecule has 0 bridgehead atoms. The van der Waals surface area contributed by atoms with Crippen LogP contribution in [0.5, 0.6) is 0 Å². The molecule has 7 heteroatoms. The van der Waals surface area contributed by atoms with Gasteiger partial charge in [0, 0.05) is 21.4 Å². The third kappa shape index (κ3) is 2.70. The van der Waals surface area contributed by atoms with Gasteiger partial charge in [0.2, 0.25) is 5.91 Å². The van der Waals surface area contributed by atoms with Crippen molar-refractivity contribution in [2.45, 2.75) is 35.6 Å². The predicted molar refractivity (Wildman–Crippen MR) is 105 cm³/mol. The molecule has 2 atom stereocenters. The van der Waals surface area contributed by atoms with Crippen LogP contribution in [0.4, 0.5) is 5.69 Å². The highest BCUT2D eigenvalue weighted by molar-refractivity contribution is 8.02. The van der Waals surface area contributed by atoms with Gasteiger partial charge < -0.3 is 5.32 Å². The lowest BCUT2D eigenvalue weighted by atomic mass is 10.1. The number of rotatable bonds is 3. The lowest BCUT2D eigenvalue weighted by molar-refractivity contribution is -0.125. The second kappa shape index (κ2) is 6.48. The minimum atomic E-state index is -0.923. The molecule has 0 saturated carbocycles. The fourth-order valence-corrected chi connectivity index (χ4v) is 5.53. The molecule has 2 aliphatic rings. The Kier molecular flexibility index (Phi) is 4.41. The van der Waals surface area contributed by atoms with Crippen molar-refractivity contribution in [1.29, 1.82) is 0 Å². The Morgan fingerprint density at radius 3 is 2.81 bits per heavy atom. The van der Waals surface area contributed by atoms with Crippen molar-refractivity contribution < 1.29 is 9.59 Å². The lowest BCUT2D eigenvalue weighted by Crippen LogP contribution is -2.52. The van der Waals surface area contributed by atoms with Gasteiger partial charge in [-0.25, -0.2) is 0 Å². The van der Waals surface area contributed by atoms with Crippen LogP contribution in [0.1, 0.15) is 31.4 Å². The number of benzene rings is 2. The topological polar surface area (TPSA) is 49.4 Å². The molecule has 1 saturated heterocycles. The van der Waals surface area contributed by atoms with Gasteiger partial charge in [-0.15, -0.1) is 0 Å². The second-order valence-corrected chi connectivity index (χ2v) is 8.61. The number of nitrogens with one attached hydrogen (secondary N) is 1. The molecule has 1 fully saturated rings. The van der Waals surface area contributed by atoms with E-state index in [-0.39, 0.29) is 17.9 Å². The van der Waals surface area contributed by atoms with Crippen LogP contribution in [0.25, 0.3) is 0 Å². The number of amides is 2. The number of anilines is 1.